The number of rotatable bonds is 5. The maximum Gasteiger partial charge on any atom is 0.330 e. The molecule has 0 aromatic carbocycles. The Hall–Kier alpha value is -1.68. The summed E-state index contributed by atoms with van der Waals surface area (Å²) in [5.74, 6) is 0.618. The second-order valence-electron chi connectivity index (χ2n) is 13.0. The van der Waals surface area contributed by atoms with Gasteiger partial charge in [0.1, 0.15) is 5.78 Å². The summed E-state index contributed by atoms with van der Waals surface area (Å²) in [5.41, 5.74) is 2.46. The molecular formula is C30H44O4. The van der Waals surface area contributed by atoms with E-state index in [9.17, 15) is 14.7 Å². The van der Waals surface area contributed by atoms with Gasteiger partial charge in [0.15, 0.2) is 0 Å². The minimum atomic E-state index is -0.850. The normalized spacial score (nSPS) is 42.2. The third kappa shape index (κ3) is 3.34. The Balaban J connectivity index is 1.66. The number of hydrogen-bond donors (Lipinski definition) is 2. The Morgan fingerprint density at radius 2 is 1.85 bits per heavy atom. The molecule has 2 N–H and O–H groups in total. The Labute approximate surface area is 205 Å². The number of carbonyl (C=O) groups is 2. The maximum absolute atomic E-state index is 12.8. The first-order chi connectivity index (χ1) is 15.7. The Morgan fingerprint density at radius 3 is 2.50 bits per heavy atom. The van der Waals surface area contributed by atoms with Crippen LogP contribution >= 0.6 is 0 Å². The summed E-state index contributed by atoms with van der Waals surface area (Å²) >= 11 is 0. The number of aliphatic carboxylic acids is 1. The number of aliphatic hydroxyl groups is 1. The van der Waals surface area contributed by atoms with Crippen molar-refractivity contribution in [3.63, 3.8) is 0 Å². The summed E-state index contributed by atoms with van der Waals surface area (Å²) < 4.78 is 0. The first kappa shape index (κ1) is 25.4. The third-order valence-corrected chi connectivity index (χ3v) is 11.2. The van der Waals surface area contributed by atoms with Gasteiger partial charge in [-0.1, -0.05) is 59.8 Å². The van der Waals surface area contributed by atoms with Gasteiger partial charge < -0.3 is 10.2 Å². The second kappa shape index (κ2) is 8.18. The molecule has 0 aliphatic heterocycles. The van der Waals surface area contributed by atoms with E-state index in [1.165, 1.54) is 11.1 Å². The van der Waals surface area contributed by atoms with Crippen molar-refractivity contribution in [1.29, 1.82) is 0 Å². The monoisotopic (exact) mass is 468 g/mol. The summed E-state index contributed by atoms with van der Waals surface area (Å²) in [4.78, 5) is 23.9. The predicted molar refractivity (Wildman–Crippen MR) is 135 cm³/mol. The fraction of sp³-hybridized carbons (Fsp3) is 0.733. The van der Waals surface area contributed by atoms with Gasteiger partial charge >= 0.3 is 5.97 Å². The molecule has 2 fully saturated rings. The van der Waals surface area contributed by atoms with Crippen LogP contribution in [0.15, 0.2) is 34.9 Å². The quantitative estimate of drug-likeness (QED) is 0.452. The molecule has 34 heavy (non-hydrogen) atoms. The molecule has 188 valence electrons. The smallest absolute Gasteiger partial charge is 0.330 e. The summed E-state index contributed by atoms with van der Waals surface area (Å²) in [6.45, 7) is 15.2. The molecule has 0 radical (unpaired) electrons. The van der Waals surface area contributed by atoms with E-state index >= 15 is 0 Å². The lowest BCUT2D eigenvalue weighted by atomic mass is 9.44. The van der Waals surface area contributed by atoms with Crippen LogP contribution in [-0.2, 0) is 9.59 Å². The highest BCUT2D eigenvalue weighted by Crippen LogP contribution is 2.71. The lowest BCUT2D eigenvalue weighted by molar-refractivity contribution is -0.138. The molecule has 0 saturated heterocycles. The number of hydrogen-bond acceptors (Lipinski definition) is 3. The third-order valence-electron chi connectivity index (χ3n) is 11.2. The number of allylic oxidation sites excluding steroid dienone is 4. The number of fused-ring (bicyclic) bond motifs is 5. The molecular weight excluding hydrogens is 424 g/mol. The van der Waals surface area contributed by atoms with Crippen LogP contribution < -0.4 is 0 Å². The minimum absolute atomic E-state index is 0.0194. The lowest BCUT2D eigenvalue weighted by Gasteiger charge is -2.60. The van der Waals surface area contributed by atoms with Crippen molar-refractivity contribution in [3.05, 3.63) is 34.9 Å². The van der Waals surface area contributed by atoms with Gasteiger partial charge in [0.25, 0.3) is 0 Å². The highest BCUT2D eigenvalue weighted by Gasteiger charge is 2.66. The number of aliphatic hydroxyl groups excluding tert-OH is 1. The van der Waals surface area contributed by atoms with Crippen molar-refractivity contribution >= 4 is 11.8 Å². The Kier molecular flexibility index (Phi) is 6.12. The largest absolute Gasteiger partial charge is 0.478 e. The molecule has 0 heterocycles. The summed E-state index contributed by atoms with van der Waals surface area (Å²) in [7, 11) is 0. The zero-order valence-corrected chi connectivity index (χ0v) is 22.2. The average Bonchev–Trinajstić information content (AvgIpc) is 2.98. The second-order valence-corrected chi connectivity index (χ2v) is 13.0. The topological polar surface area (TPSA) is 74.6 Å². The maximum atomic E-state index is 12.8. The van der Waals surface area contributed by atoms with Crippen LogP contribution in [0.1, 0.15) is 93.4 Å². The first-order valence-electron chi connectivity index (χ1n) is 13.2. The molecule has 0 aromatic heterocycles. The van der Waals surface area contributed by atoms with Gasteiger partial charge in [-0.2, -0.15) is 0 Å². The van der Waals surface area contributed by atoms with Crippen LogP contribution in [0.2, 0.25) is 0 Å². The van der Waals surface area contributed by atoms with Gasteiger partial charge in [0, 0.05) is 22.8 Å². The Bertz CT molecular complexity index is 984. The van der Waals surface area contributed by atoms with Gasteiger partial charge in [-0.3, -0.25) is 4.79 Å². The highest BCUT2D eigenvalue weighted by molar-refractivity contribution is 5.86. The molecule has 4 nitrogen and oxygen atoms in total. The number of ketones is 1. The molecule has 4 heteroatoms. The number of Topliss-reactive ketones (excluding diaryl/α,β-unsaturated/α-hetero) is 1. The minimum Gasteiger partial charge on any atom is -0.478 e. The van der Waals surface area contributed by atoms with Crippen LogP contribution in [0.3, 0.4) is 0 Å². The van der Waals surface area contributed by atoms with Crippen molar-refractivity contribution in [1.82, 2.24) is 0 Å². The van der Waals surface area contributed by atoms with Crippen LogP contribution in [0.25, 0.3) is 0 Å². The summed E-state index contributed by atoms with van der Waals surface area (Å²) in [6.07, 6.45) is 12.2. The van der Waals surface area contributed by atoms with Crippen molar-refractivity contribution < 1.29 is 19.8 Å². The van der Waals surface area contributed by atoms with E-state index in [0.717, 1.165) is 38.5 Å². The van der Waals surface area contributed by atoms with Crippen molar-refractivity contribution in [3.8, 4) is 0 Å². The fourth-order valence-electron chi connectivity index (χ4n) is 8.60. The first-order valence-corrected chi connectivity index (χ1v) is 13.2. The lowest BCUT2D eigenvalue weighted by Crippen LogP contribution is -2.54. The fourth-order valence-corrected chi connectivity index (χ4v) is 8.60. The zero-order chi connectivity index (χ0) is 25.3. The predicted octanol–water partition coefficient (Wildman–Crippen LogP) is 6.50. The van der Waals surface area contributed by atoms with Crippen molar-refractivity contribution in [2.24, 2.45) is 39.4 Å². The van der Waals surface area contributed by atoms with Crippen molar-refractivity contribution in [2.75, 3.05) is 0 Å². The molecule has 0 spiro atoms. The van der Waals surface area contributed by atoms with Gasteiger partial charge in [0.2, 0.25) is 0 Å². The van der Waals surface area contributed by atoms with Crippen LogP contribution in [-0.4, -0.2) is 28.1 Å². The standard InChI is InChI=1S/C30H44O4/c1-18(9-8-10-19(2)26(33)34)22-17-25(32)30(7)21-11-12-23-27(3,4)24(31)14-15-28(23,5)20(21)13-16-29(22,30)6/h10-11,13,18,22-23,25,32H,8-9,12,14-17H2,1-7H3,(H,33,34)/b19-10+. The number of carboxylic acids is 1. The van der Waals surface area contributed by atoms with E-state index in [-0.39, 0.29) is 21.7 Å². The molecule has 0 aromatic rings. The van der Waals surface area contributed by atoms with E-state index < -0.39 is 12.1 Å². The highest BCUT2D eigenvalue weighted by atomic mass is 16.4. The molecule has 4 aliphatic carbocycles. The van der Waals surface area contributed by atoms with Crippen LogP contribution in [0, 0.1) is 39.4 Å². The van der Waals surface area contributed by atoms with Gasteiger partial charge in [-0.05, 0) is 85.2 Å². The molecule has 2 saturated carbocycles. The van der Waals surface area contributed by atoms with E-state index in [4.69, 9.17) is 5.11 Å². The molecule has 4 rings (SSSR count). The SMILES string of the molecule is C/C(=C\CCC(C)C1CC(O)C2(C)C3=CCC4C(C)(C)C(=O)CCC4(C)C3=CCC12C)C(=O)O. The molecule has 7 unspecified atom stereocenters. The number of carbonyl (C=O) groups excluding carboxylic acids is 1. The van der Waals surface area contributed by atoms with Gasteiger partial charge in [-0.15, -0.1) is 0 Å². The van der Waals surface area contributed by atoms with Crippen LogP contribution in [0.5, 0.6) is 0 Å². The molecule has 0 amide bonds. The number of carboxylic acid groups (broad SMARTS) is 1. The van der Waals surface area contributed by atoms with Gasteiger partial charge in [-0.25, -0.2) is 4.79 Å². The summed E-state index contributed by atoms with van der Waals surface area (Å²) in [5, 5.41) is 20.8. The van der Waals surface area contributed by atoms with Crippen molar-refractivity contribution in [2.45, 2.75) is 99.5 Å². The van der Waals surface area contributed by atoms with E-state index in [1.54, 1.807) is 6.92 Å². The van der Waals surface area contributed by atoms with E-state index in [0.29, 0.717) is 35.5 Å². The van der Waals surface area contributed by atoms with E-state index in [2.05, 4.69) is 53.7 Å². The molecule has 0 bridgehead atoms. The van der Waals surface area contributed by atoms with E-state index in [1.807, 2.05) is 6.08 Å². The zero-order valence-electron chi connectivity index (χ0n) is 22.2. The molecule has 7 atom stereocenters. The van der Waals surface area contributed by atoms with Gasteiger partial charge in [0.05, 0.1) is 6.10 Å². The summed E-state index contributed by atoms with van der Waals surface area (Å²) in [6, 6.07) is 0. The Morgan fingerprint density at radius 1 is 1.18 bits per heavy atom. The average molecular weight is 469 g/mol. The molecule has 4 aliphatic rings. The van der Waals surface area contributed by atoms with Crippen LogP contribution in [0.4, 0.5) is 0 Å².